The number of aliphatic hydroxyl groups is 6. The van der Waals surface area contributed by atoms with Gasteiger partial charge in [-0.15, -0.1) is 0 Å². The van der Waals surface area contributed by atoms with Gasteiger partial charge in [0.2, 0.25) is 12.2 Å². The van der Waals surface area contributed by atoms with Crippen molar-refractivity contribution in [2.24, 2.45) is 0 Å². The Morgan fingerprint density at radius 2 is 1.54 bits per heavy atom. The summed E-state index contributed by atoms with van der Waals surface area (Å²) in [5.41, 5.74) is -0.201. The smallest absolute Gasteiger partial charge is 0.269 e. The predicted octanol–water partition coefficient (Wildman–Crippen LogP) is -3.26. The second-order valence-electron chi connectivity index (χ2n) is 8.11. The molecule has 2 fully saturated rings. The number of amides is 1. The SMILES string of the molecule is CC(=O)N[C@H]1[C@@H](Oc2ccc([N+](=O)[O-])cc2)O[C@@H](CO)[C@H](O)[C@H]1O[C@H]1O[C@@H](CO)[C@H](O)[C@@H](O)[C@H]1O. The fourth-order valence-corrected chi connectivity index (χ4v) is 3.83. The number of nitro benzene ring substituents is 1. The van der Waals surface area contributed by atoms with Crippen molar-refractivity contribution in [3.8, 4) is 5.75 Å². The lowest BCUT2D eigenvalue weighted by Crippen LogP contribution is -2.68. The van der Waals surface area contributed by atoms with Crippen LogP contribution in [0.3, 0.4) is 0 Å². The number of benzene rings is 1. The lowest BCUT2D eigenvalue weighted by molar-refractivity contribution is -0.384. The Bertz CT molecular complexity index is 869. The van der Waals surface area contributed by atoms with Crippen LogP contribution >= 0.6 is 0 Å². The fraction of sp³-hybridized carbons (Fsp3) is 0.650. The minimum absolute atomic E-state index is 0.0932. The van der Waals surface area contributed by atoms with Gasteiger partial charge < -0.3 is 54.9 Å². The Morgan fingerprint density at radius 1 is 0.971 bits per heavy atom. The van der Waals surface area contributed by atoms with Gasteiger partial charge >= 0.3 is 0 Å². The standard InChI is InChI=1S/C20H28N2O13/c1-8(25)21-13-18(35-20-17(29)16(28)14(26)11(6-23)34-20)15(27)12(7-24)33-19(13)32-10-4-2-9(3-5-10)22(30)31/h2-5,11-20,23-24,26-29H,6-7H2,1H3,(H,21,25)/t11-,12-,13+,14-,15-,16+,17+,18-,19-,20+/m0/s1. The van der Waals surface area contributed by atoms with Gasteiger partial charge in [-0.25, -0.2) is 0 Å². The zero-order valence-corrected chi connectivity index (χ0v) is 18.5. The highest BCUT2D eigenvalue weighted by molar-refractivity contribution is 5.73. The van der Waals surface area contributed by atoms with Crippen LogP contribution in [0.5, 0.6) is 5.75 Å². The van der Waals surface area contributed by atoms with Crippen molar-refractivity contribution in [1.82, 2.24) is 5.32 Å². The highest BCUT2D eigenvalue weighted by Gasteiger charge is 2.52. The topological polar surface area (TPSA) is 231 Å². The highest BCUT2D eigenvalue weighted by Crippen LogP contribution is 2.31. The number of nitrogens with zero attached hydrogens (tertiary/aromatic N) is 1. The summed E-state index contributed by atoms with van der Waals surface area (Å²) < 4.78 is 22.3. The number of hydrogen-bond acceptors (Lipinski definition) is 13. The van der Waals surface area contributed by atoms with Crippen molar-refractivity contribution in [3.05, 3.63) is 34.4 Å². The summed E-state index contributed by atoms with van der Waals surface area (Å²) in [6.07, 6.45) is -13.9. The molecule has 1 aromatic carbocycles. The van der Waals surface area contributed by atoms with Crippen molar-refractivity contribution < 1.29 is 59.3 Å². The van der Waals surface area contributed by atoms with E-state index in [1.54, 1.807) is 0 Å². The summed E-state index contributed by atoms with van der Waals surface area (Å²) >= 11 is 0. The maximum absolute atomic E-state index is 11.9. The normalized spacial score (nSPS) is 37.5. The van der Waals surface area contributed by atoms with Gasteiger partial charge in [-0.1, -0.05) is 0 Å². The summed E-state index contributed by atoms with van der Waals surface area (Å²) in [5.74, 6) is -0.497. The van der Waals surface area contributed by atoms with Crippen LogP contribution in [-0.2, 0) is 19.0 Å². The van der Waals surface area contributed by atoms with E-state index in [1.807, 2.05) is 0 Å². The molecule has 2 aliphatic heterocycles. The van der Waals surface area contributed by atoms with E-state index in [9.17, 15) is 45.5 Å². The number of carbonyl (C=O) groups excluding carboxylic acids is 1. The molecule has 3 rings (SSSR count). The van der Waals surface area contributed by atoms with Crippen molar-refractivity contribution in [2.75, 3.05) is 13.2 Å². The molecule has 7 N–H and O–H groups in total. The molecule has 0 bridgehead atoms. The van der Waals surface area contributed by atoms with Gasteiger partial charge in [-0.05, 0) is 12.1 Å². The summed E-state index contributed by atoms with van der Waals surface area (Å²) in [5, 5.41) is 73.6. The molecule has 35 heavy (non-hydrogen) atoms. The van der Waals surface area contributed by atoms with Gasteiger partial charge in [0.1, 0.15) is 54.5 Å². The summed E-state index contributed by atoms with van der Waals surface area (Å²) in [4.78, 5) is 22.2. The van der Waals surface area contributed by atoms with Crippen molar-refractivity contribution >= 4 is 11.6 Å². The average molecular weight is 504 g/mol. The molecule has 0 radical (unpaired) electrons. The van der Waals surface area contributed by atoms with Crippen LogP contribution in [0.4, 0.5) is 5.69 Å². The van der Waals surface area contributed by atoms with Crippen molar-refractivity contribution in [1.29, 1.82) is 0 Å². The van der Waals surface area contributed by atoms with Crippen LogP contribution in [0.1, 0.15) is 6.92 Å². The Morgan fingerprint density at radius 3 is 2.09 bits per heavy atom. The molecule has 0 aromatic heterocycles. The maximum Gasteiger partial charge on any atom is 0.269 e. The lowest BCUT2D eigenvalue weighted by Gasteiger charge is -2.47. The zero-order valence-electron chi connectivity index (χ0n) is 18.5. The Hall–Kier alpha value is -2.47. The molecule has 10 atom stereocenters. The lowest BCUT2D eigenvalue weighted by atomic mass is 9.95. The van der Waals surface area contributed by atoms with Gasteiger partial charge in [0.05, 0.1) is 18.1 Å². The first-order valence-corrected chi connectivity index (χ1v) is 10.7. The van der Waals surface area contributed by atoms with E-state index in [2.05, 4.69) is 5.32 Å². The third-order valence-electron chi connectivity index (χ3n) is 5.66. The number of rotatable bonds is 8. The van der Waals surface area contributed by atoms with Crippen LogP contribution in [0, 0.1) is 10.1 Å². The molecule has 2 saturated heterocycles. The number of hydrogen-bond donors (Lipinski definition) is 7. The Labute approximate surface area is 198 Å². The van der Waals surface area contributed by atoms with Gasteiger partial charge in [0, 0.05) is 19.1 Å². The van der Waals surface area contributed by atoms with Crippen molar-refractivity contribution in [2.45, 2.75) is 68.3 Å². The van der Waals surface area contributed by atoms with Crippen molar-refractivity contribution in [3.63, 3.8) is 0 Å². The number of aliphatic hydroxyl groups excluding tert-OH is 6. The largest absolute Gasteiger partial charge is 0.463 e. The zero-order chi connectivity index (χ0) is 25.9. The first-order valence-electron chi connectivity index (χ1n) is 10.7. The minimum Gasteiger partial charge on any atom is -0.463 e. The van der Waals surface area contributed by atoms with Crippen LogP contribution in [0.15, 0.2) is 24.3 Å². The number of non-ortho nitro benzene ring substituents is 1. The number of nitro groups is 1. The molecule has 2 aliphatic rings. The molecule has 196 valence electrons. The van der Waals surface area contributed by atoms with Crippen LogP contribution < -0.4 is 10.1 Å². The predicted molar refractivity (Wildman–Crippen MR) is 112 cm³/mol. The second-order valence-corrected chi connectivity index (χ2v) is 8.11. The molecule has 1 aromatic rings. The Kier molecular flexibility index (Phi) is 8.92. The third-order valence-corrected chi connectivity index (χ3v) is 5.66. The molecular weight excluding hydrogens is 476 g/mol. The van der Waals surface area contributed by atoms with Gasteiger partial charge in [-0.2, -0.15) is 0 Å². The summed E-state index contributed by atoms with van der Waals surface area (Å²) in [7, 11) is 0. The molecule has 15 nitrogen and oxygen atoms in total. The number of ether oxygens (including phenoxy) is 4. The van der Waals surface area contributed by atoms with E-state index < -0.39 is 85.4 Å². The number of carbonyl (C=O) groups is 1. The average Bonchev–Trinajstić information content (AvgIpc) is 2.82. The molecule has 2 heterocycles. The molecule has 0 aliphatic carbocycles. The van der Waals surface area contributed by atoms with E-state index in [0.29, 0.717) is 0 Å². The van der Waals surface area contributed by atoms with Crippen LogP contribution in [0.2, 0.25) is 0 Å². The van der Waals surface area contributed by atoms with Crippen LogP contribution in [-0.4, -0.2) is 116 Å². The fourth-order valence-electron chi connectivity index (χ4n) is 3.83. The second kappa shape index (κ2) is 11.5. The Balaban J connectivity index is 1.88. The van der Waals surface area contributed by atoms with E-state index >= 15 is 0 Å². The monoisotopic (exact) mass is 504 g/mol. The van der Waals surface area contributed by atoms with Gasteiger partial charge in [0.25, 0.3) is 5.69 Å². The van der Waals surface area contributed by atoms with E-state index in [0.717, 1.165) is 0 Å². The van der Waals surface area contributed by atoms with E-state index in [-0.39, 0.29) is 11.4 Å². The summed E-state index contributed by atoms with van der Waals surface area (Å²) in [6, 6.07) is 3.63. The highest BCUT2D eigenvalue weighted by atomic mass is 16.7. The minimum atomic E-state index is -1.80. The molecule has 0 saturated carbocycles. The molecule has 1 amide bonds. The summed E-state index contributed by atoms with van der Waals surface area (Å²) in [6.45, 7) is -0.262. The third kappa shape index (κ3) is 6.03. The first kappa shape index (κ1) is 27.1. The maximum atomic E-state index is 11.9. The number of nitrogens with one attached hydrogen (secondary N) is 1. The van der Waals surface area contributed by atoms with Crippen LogP contribution in [0.25, 0.3) is 0 Å². The van der Waals surface area contributed by atoms with Gasteiger partial charge in [0.15, 0.2) is 6.29 Å². The molecule has 0 spiro atoms. The molecule has 0 unspecified atom stereocenters. The first-order chi connectivity index (χ1) is 16.6. The van der Waals surface area contributed by atoms with E-state index in [1.165, 1.54) is 31.2 Å². The molecule has 15 heteroatoms. The molecular formula is C20H28N2O13. The van der Waals surface area contributed by atoms with E-state index in [4.69, 9.17) is 18.9 Å². The van der Waals surface area contributed by atoms with Gasteiger partial charge in [-0.3, -0.25) is 14.9 Å². The quantitative estimate of drug-likeness (QED) is 0.136.